The monoisotopic (exact) mass is 192 g/mol. The standard InChI is InChI=1S/C12H20N2/c1-12(2,3)13-10-7-6-8-11(9-10)14(4)5/h6-9,13H,1-5H3. The molecule has 0 aliphatic heterocycles. The highest BCUT2D eigenvalue weighted by Gasteiger charge is 2.09. The van der Waals surface area contributed by atoms with Crippen molar-refractivity contribution in [1.82, 2.24) is 0 Å². The van der Waals surface area contributed by atoms with Crippen molar-refractivity contribution in [3.05, 3.63) is 24.3 Å². The molecule has 0 amide bonds. The van der Waals surface area contributed by atoms with Crippen molar-refractivity contribution >= 4 is 11.4 Å². The number of hydrogen-bond donors (Lipinski definition) is 1. The van der Waals surface area contributed by atoms with Crippen LogP contribution in [-0.4, -0.2) is 19.6 Å². The fourth-order valence-electron chi connectivity index (χ4n) is 1.29. The zero-order valence-corrected chi connectivity index (χ0v) is 9.76. The Kier molecular flexibility index (Phi) is 3.04. The third-order valence-electron chi connectivity index (χ3n) is 1.88. The maximum Gasteiger partial charge on any atom is 0.0381 e. The van der Waals surface area contributed by atoms with E-state index in [1.165, 1.54) is 11.4 Å². The van der Waals surface area contributed by atoms with Crippen LogP contribution in [-0.2, 0) is 0 Å². The van der Waals surface area contributed by atoms with Crippen molar-refractivity contribution in [2.75, 3.05) is 24.3 Å². The molecule has 0 saturated carbocycles. The molecule has 1 aromatic carbocycles. The summed E-state index contributed by atoms with van der Waals surface area (Å²) in [5.41, 5.74) is 2.51. The lowest BCUT2D eigenvalue weighted by Gasteiger charge is -2.23. The molecule has 0 aliphatic carbocycles. The van der Waals surface area contributed by atoms with Crippen LogP contribution in [0.2, 0.25) is 0 Å². The lowest BCUT2D eigenvalue weighted by Crippen LogP contribution is -2.26. The van der Waals surface area contributed by atoms with Gasteiger partial charge in [0.1, 0.15) is 0 Å². The summed E-state index contributed by atoms with van der Waals surface area (Å²) in [4.78, 5) is 2.10. The van der Waals surface area contributed by atoms with Gasteiger partial charge in [-0.2, -0.15) is 0 Å². The van der Waals surface area contributed by atoms with E-state index in [-0.39, 0.29) is 5.54 Å². The first-order valence-electron chi connectivity index (χ1n) is 4.94. The van der Waals surface area contributed by atoms with E-state index in [0.29, 0.717) is 0 Å². The summed E-state index contributed by atoms with van der Waals surface area (Å²) in [6.45, 7) is 6.49. The Morgan fingerprint density at radius 3 is 2.29 bits per heavy atom. The highest BCUT2D eigenvalue weighted by molar-refractivity contribution is 5.58. The Hall–Kier alpha value is -1.18. The van der Waals surface area contributed by atoms with Crippen LogP contribution in [0.25, 0.3) is 0 Å². The van der Waals surface area contributed by atoms with Crippen molar-refractivity contribution in [1.29, 1.82) is 0 Å². The van der Waals surface area contributed by atoms with Gasteiger partial charge in [-0.15, -0.1) is 0 Å². The van der Waals surface area contributed by atoms with Crippen LogP contribution >= 0.6 is 0 Å². The van der Waals surface area contributed by atoms with Crippen LogP contribution in [0.1, 0.15) is 20.8 Å². The number of benzene rings is 1. The fourth-order valence-corrected chi connectivity index (χ4v) is 1.29. The number of nitrogens with zero attached hydrogens (tertiary/aromatic N) is 1. The van der Waals surface area contributed by atoms with Crippen molar-refractivity contribution in [3.63, 3.8) is 0 Å². The van der Waals surface area contributed by atoms with Crippen molar-refractivity contribution in [2.24, 2.45) is 0 Å². The van der Waals surface area contributed by atoms with Crippen LogP contribution in [0.4, 0.5) is 11.4 Å². The summed E-state index contributed by atoms with van der Waals surface area (Å²) in [5, 5.41) is 3.45. The van der Waals surface area contributed by atoms with Gasteiger partial charge in [0.2, 0.25) is 0 Å². The minimum atomic E-state index is 0.116. The van der Waals surface area contributed by atoms with Gasteiger partial charge in [-0.1, -0.05) is 6.07 Å². The first-order valence-corrected chi connectivity index (χ1v) is 4.94. The van der Waals surface area contributed by atoms with E-state index >= 15 is 0 Å². The summed E-state index contributed by atoms with van der Waals surface area (Å²) in [6.07, 6.45) is 0. The molecule has 1 aromatic rings. The number of rotatable bonds is 2. The maximum atomic E-state index is 3.45. The molecule has 0 atom stereocenters. The molecule has 14 heavy (non-hydrogen) atoms. The lowest BCUT2D eigenvalue weighted by atomic mass is 10.1. The molecule has 0 saturated heterocycles. The maximum absolute atomic E-state index is 3.45. The predicted molar refractivity (Wildman–Crippen MR) is 64.1 cm³/mol. The largest absolute Gasteiger partial charge is 0.380 e. The molecule has 2 heteroatoms. The highest BCUT2D eigenvalue weighted by atomic mass is 15.1. The zero-order chi connectivity index (χ0) is 10.8. The summed E-state index contributed by atoms with van der Waals surface area (Å²) in [6, 6.07) is 8.43. The second-order valence-electron chi connectivity index (χ2n) is 4.82. The first kappa shape index (κ1) is 10.9. The van der Waals surface area contributed by atoms with Gasteiger partial charge in [-0.05, 0) is 39.0 Å². The molecule has 0 radical (unpaired) electrons. The van der Waals surface area contributed by atoms with Gasteiger partial charge in [0.05, 0.1) is 0 Å². The van der Waals surface area contributed by atoms with Crippen molar-refractivity contribution in [2.45, 2.75) is 26.3 Å². The van der Waals surface area contributed by atoms with Crippen LogP contribution in [0, 0.1) is 0 Å². The van der Waals surface area contributed by atoms with Crippen molar-refractivity contribution in [3.8, 4) is 0 Å². The van der Waals surface area contributed by atoms with E-state index in [4.69, 9.17) is 0 Å². The van der Waals surface area contributed by atoms with E-state index in [9.17, 15) is 0 Å². The quantitative estimate of drug-likeness (QED) is 0.775. The van der Waals surface area contributed by atoms with Gasteiger partial charge >= 0.3 is 0 Å². The molecular formula is C12H20N2. The summed E-state index contributed by atoms with van der Waals surface area (Å²) >= 11 is 0. The minimum absolute atomic E-state index is 0.116. The van der Waals surface area contributed by atoms with Gasteiger partial charge < -0.3 is 10.2 Å². The number of hydrogen-bond acceptors (Lipinski definition) is 2. The zero-order valence-electron chi connectivity index (χ0n) is 9.76. The molecule has 0 unspecified atom stereocenters. The molecule has 1 N–H and O–H groups in total. The second kappa shape index (κ2) is 3.91. The SMILES string of the molecule is CN(C)c1cccc(NC(C)(C)C)c1. The molecule has 2 nitrogen and oxygen atoms in total. The Morgan fingerprint density at radius 1 is 1.14 bits per heavy atom. The third kappa shape index (κ3) is 3.29. The highest BCUT2D eigenvalue weighted by Crippen LogP contribution is 2.20. The fraction of sp³-hybridized carbons (Fsp3) is 0.500. The van der Waals surface area contributed by atoms with Crippen LogP contribution in [0.3, 0.4) is 0 Å². The van der Waals surface area contributed by atoms with Gasteiger partial charge in [0.15, 0.2) is 0 Å². The Balaban J connectivity index is 2.84. The molecule has 0 aromatic heterocycles. The number of anilines is 2. The Labute approximate surface area is 86.9 Å². The molecule has 0 bridgehead atoms. The van der Waals surface area contributed by atoms with E-state index in [1.54, 1.807) is 0 Å². The topological polar surface area (TPSA) is 15.3 Å². The summed E-state index contributed by atoms with van der Waals surface area (Å²) < 4.78 is 0. The summed E-state index contributed by atoms with van der Waals surface area (Å²) in [7, 11) is 4.10. The molecule has 0 aliphatic rings. The third-order valence-corrected chi connectivity index (χ3v) is 1.88. The minimum Gasteiger partial charge on any atom is -0.380 e. The smallest absolute Gasteiger partial charge is 0.0381 e. The van der Waals surface area contributed by atoms with Crippen LogP contribution in [0.5, 0.6) is 0 Å². The molecule has 1 rings (SSSR count). The molecular weight excluding hydrogens is 172 g/mol. The average molecular weight is 192 g/mol. The van der Waals surface area contributed by atoms with Gasteiger partial charge in [0, 0.05) is 31.0 Å². The van der Waals surface area contributed by atoms with E-state index in [0.717, 1.165) is 0 Å². The average Bonchev–Trinajstić information content (AvgIpc) is 2.01. The van der Waals surface area contributed by atoms with Gasteiger partial charge in [-0.25, -0.2) is 0 Å². The van der Waals surface area contributed by atoms with E-state index in [2.05, 4.69) is 69.3 Å². The molecule has 0 fully saturated rings. The van der Waals surface area contributed by atoms with Crippen molar-refractivity contribution < 1.29 is 0 Å². The summed E-state index contributed by atoms with van der Waals surface area (Å²) in [5.74, 6) is 0. The normalized spacial score (nSPS) is 11.2. The second-order valence-corrected chi connectivity index (χ2v) is 4.82. The van der Waals surface area contributed by atoms with Gasteiger partial charge in [0.25, 0.3) is 0 Å². The van der Waals surface area contributed by atoms with Crippen LogP contribution in [0.15, 0.2) is 24.3 Å². The molecule has 0 heterocycles. The Bertz CT molecular complexity index is 297. The molecule has 78 valence electrons. The van der Waals surface area contributed by atoms with E-state index < -0.39 is 0 Å². The lowest BCUT2D eigenvalue weighted by molar-refractivity contribution is 0.634. The van der Waals surface area contributed by atoms with Gasteiger partial charge in [-0.3, -0.25) is 0 Å². The van der Waals surface area contributed by atoms with Crippen LogP contribution < -0.4 is 10.2 Å². The number of nitrogens with one attached hydrogen (secondary N) is 1. The Morgan fingerprint density at radius 2 is 1.79 bits per heavy atom. The van der Waals surface area contributed by atoms with E-state index in [1.807, 2.05) is 0 Å². The predicted octanol–water partition coefficient (Wildman–Crippen LogP) is 2.96. The first-order chi connectivity index (χ1) is 6.38. The molecule has 0 spiro atoms.